The summed E-state index contributed by atoms with van der Waals surface area (Å²) >= 11 is 0. The van der Waals surface area contributed by atoms with Crippen LogP contribution in [0.15, 0.2) is 67.4 Å². The van der Waals surface area contributed by atoms with Crippen LogP contribution in [-0.4, -0.2) is 24.9 Å². The molecule has 0 spiro atoms. The molecule has 0 aliphatic heterocycles. The maximum Gasteiger partial charge on any atom is 0.417 e. The molecule has 0 bridgehead atoms. The number of benzene rings is 2. The third-order valence-corrected chi connectivity index (χ3v) is 5.68. The summed E-state index contributed by atoms with van der Waals surface area (Å²) < 4.78 is 32.2. The first-order valence-electron chi connectivity index (χ1n) is 8.16. The van der Waals surface area contributed by atoms with E-state index in [4.69, 9.17) is 4.42 Å². The van der Waals surface area contributed by atoms with Gasteiger partial charge in [-0.15, -0.1) is 0 Å². The van der Waals surface area contributed by atoms with Crippen molar-refractivity contribution in [3.05, 3.63) is 75.0 Å². The highest BCUT2D eigenvalue weighted by Gasteiger charge is 2.16. The molecule has 27 heavy (non-hydrogen) atoms. The largest absolute Gasteiger partial charge is 0.417 e. The minimum absolute atomic E-state index is 0.0230. The number of para-hydroxylation sites is 1. The van der Waals surface area contributed by atoms with Crippen molar-refractivity contribution in [2.24, 2.45) is 0 Å². The van der Waals surface area contributed by atoms with Crippen LogP contribution in [0.25, 0.3) is 22.0 Å². The summed E-state index contributed by atoms with van der Waals surface area (Å²) in [7, 11) is -3.81. The average molecular weight is 385 g/mol. The van der Waals surface area contributed by atoms with E-state index < -0.39 is 15.8 Å². The summed E-state index contributed by atoms with van der Waals surface area (Å²) in [5, 5.41) is 0.878. The predicted octanol–water partition coefficient (Wildman–Crippen LogP) is 1.48. The minimum Gasteiger partial charge on any atom is -0.408 e. The van der Waals surface area contributed by atoms with Crippen molar-refractivity contribution in [3.63, 3.8) is 0 Å². The van der Waals surface area contributed by atoms with Gasteiger partial charge in [0.1, 0.15) is 0 Å². The zero-order chi connectivity index (χ0) is 19.0. The molecule has 0 saturated heterocycles. The van der Waals surface area contributed by atoms with Crippen LogP contribution in [0.2, 0.25) is 0 Å². The zero-order valence-electron chi connectivity index (χ0n) is 14.0. The Morgan fingerprint density at radius 2 is 1.78 bits per heavy atom. The number of hydrogen-bond donors (Lipinski definition) is 3. The number of H-pyrrole nitrogens is 2. The summed E-state index contributed by atoms with van der Waals surface area (Å²) in [5.41, 5.74) is 1.55. The van der Waals surface area contributed by atoms with Gasteiger partial charge in [-0.1, -0.05) is 18.2 Å². The smallest absolute Gasteiger partial charge is 0.408 e. The molecule has 2 heterocycles. The molecule has 0 fully saturated rings. The summed E-state index contributed by atoms with van der Waals surface area (Å²) in [6.45, 7) is 0.0544. The molecule has 0 aliphatic rings. The van der Waals surface area contributed by atoms with Gasteiger partial charge in [0.05, 0.1) is 10.4 Å². The number of aromatic nitrogens is 2. The second kappa shape index (κ2) is 6.53. The number of fused-ring (bicyclic) bond motifs is 2. The Kier molecular flexibility index (Phi) is 4.17. The van der Waals surface area contributed by atoms with Crippen molar-refractivity contribution < 1.29 is 12.8 Å². The molecule has 0 atom stereocenters. The molecule has 138 valence electrons. The van der Waals surface area contributed by atoms with Crippen molar-refractivity contribution >= 4 is 32.0 Å². The molecule has 2 aromatic carbocycles. The normalized spacial score (nSPS) is 12.0. The molecule has 2 aromatic heterocycles. The van der Waals surface area contributed by atoms with Gasteiger partial charge in [-0.3, -0.25) is 9.78 Å². The molecule has 8 nitrogen and oxygen atoms in total. The van der Waals surface area contributed by atoms with Crippen molar-refractivity contribution in [2.75, 3.05) is 6.54 Å². The van der Waals surface area contributed by atoms with E-state index in [-0.39, 0.29) is 29.0 Å². The molecule has 0 radical (unpaired) electrons. The molecular formula is C18H15N3O5S. The second-order valence-corrected chi connectivity index (χ2v) is 7.80. The summed E-state index contributed by atoms with van der Waals surface area (Å²) in [6.07, 6.45) is 0.237. The van der Waals surface area contributed by atoms with Gasteiger partial charge >= 0.3 is 5.76 Å². The fraction of sp³-hybridized carbons (Fsp3) is 0.111. The first-order valence-corrected chi connectivity index (χ1v) is 9.64. The Bertz CT molecular complexity index is 1370. The highest BCUT2D eigenvalue weighted by Crippen LogP contribution is 2.16. The molecule has 0 aliphatic carbocycles. The van der Waals surface area contributed by atoms with Crippen molar-refractivity contribution in [1.29, 1.82) is 0 Å². The van der Waals surface area contributed by atoms with E-state index in [2.05, 4.69) is 14.7 Å². The van der Waals surface area contributed by atoms with E-state index in [9.17, 15) is 18.0 Å². The summed E-state index contributed by atoms with van der Waals surface area (Å²) in [6, 6.07) is 13.2. The van der Waals surface area contributed by atoms with Crippen LogP contribution in [0.3, 0.4) is 0 Å². The van der Waals surface area contributed by atoms with Crippen LogP contribution in [-0.2, 0) is 16.4 Å². The Balaban J connectivity index is 1.52. The van der Waals surface area contributed by atoms with Gasteiger partial charge in [-0.2, -0.15) is 0 Å². The SMILES string of the molecule is O=c1[nH]c2ccc(S(=O)(=O)NCCc3cc4ccccc4[nH]c3=O)cc2o1. The molecule has 0 saturated carbocycles. The zero-order valence-corrected chi connectivity index (χ0v) is 14.8. The second-order valence-electron chi connectivity index (χ2n) is 6.03. The lowest BCUT2D eigenvalue weighted by Gasteiger charge is -2.07. The monoisotopic (exact) mass is 385 g/mol. The van der Waals surface area contributed by atoms with Crippen LogP contribution < -0.4 is 16.0 Å². The topological polar surface area (TPSA) is 125 Å². The number of hydrogen-bond acceptors (Lipinski definition) is 5. The number of oxazole rings is 1. The van der Waals surface area contributed by atoms with E-state index in [0.29, 0.717) is 11.1 Å². The number of aromatic amines is 2. The Morgan fingerprint density at radius 1 is 0.963 bits per heavy atom. The standard InChI is InChI=1S/C18H15N3O5S/c22-17-12(9-11-3-1-2-4-14(11)20-17)7-8-19-27(24,25)13-5-6-15-16(10-13)26-18(23)21-15/h1-6,9-10,19H,7-8H2,(H,20,22)(H,21,23). The highest BCUT2D eigenvalue weighted by molar-refractivity contribution is 7.89. The first-order chi connectivity index (χ1) is 12.9. The summed E-state index contributed by atoms with van der Waals surface area (Å²) in [4.78, 5) is 28.5. The minimum atomic E-state index is -3.81. The van der Waals surface area contributed by atoms with Crippen molar-refractivity contribution in [2.45, 2.75) is 11.3 Å². The number of rotatable bonds is 5. The lowest BCUT2D eigenvalue weighted by Crippen LogP contribution is -2.27. The van der Waals surface area contributed by atoms with Crippen LogP contribution in [0.5, 0.6) is 0 Å². The molecular weight excluding hydrogens is 370 g/mol. The number of nitrogens with one attached hydrogen (secondary N) is 3. The van der Waals surface area contributed by atoms with Crippen LogP contribution in [0, 0.1) is 0 Å². The van der Waals surface area contributed by atoms with E-state index in [1.54, 1.807) is 12.1 Å². The van der Waals surface area contributed by atoms with Gasteiger partial charge in [0.2, 0.25) is 10.0 Å². The average Bonchev–Trinajstić information content (AvgIpc) is 3.01. The Morgan fingerprint density at radius 3 is 2.63 bits per heavy atom. The van der Waals surface area contributed by atoms with Crippen molar-refractivity contribution in [3.8, 4) is 0 Å². The quantitative estimate of drug-likeness (QED) is 0.480. The molecule has 4 rings (SSSR count). The molecule has 0 unspecified atom stereocenters. The van der Waals surface area contributed by atoms with Gasteiger partial charge < -0.3 is 9.40 Å². The van der Waals surface area contributed by atoms with Gasteiger partial charge in [-0.05, 0) is 36.1 Å². The maximum absolute atomic E-state index is 12.4. The van der Waals surface area contributed by atoms with Gasteiger partial charge in [0, 0.05) is 23.7 Å². The Labute approximate surface area is 152 Å². The highest BCUT2D eigenvalue weighted by atomic mass is 32.2. The number of sulfonamides is 1. The first kappa shape index (κ1) is 17.3. The third-order valence-electron chi connectivity index (χ3n) is 4.22. The van der Waals surface area contributed by atoms with Gasteiger partial charge in [0.15, 0.2) is 5.58 Å². The third kappa shape index (κ3) is 3.42. The molecule has 4 aromatic rings. The summed E-state index contributed by atoms with van der Waals surface area (Å²) in [5.74, 6) is -0.650. The van der Waals surface area contributed by atoms with Gasteiger partial charge in [0.25, 0.3) is 5.56 Å². The van der Waals surface area contributed by atoms with E-state index in [1.165, 1.54) is 18.2 Å². The molecule has 9 heteroatoms. The van der Waals surface area contributed by atoms with E-state index >= 15 is 0 Å². The fourth-order valence-corrected chi connectivity index (χ4v) is 3.92. The Hall–Kier alpha value is -3.17. The number of pyridine rings is 1. The lowest BCUT2D eigenvalue weighted by atomic mass is 10.1. The van der Waals surface area contributed by atoms with E-state index in [0.717, 1.165) is 10.9 Å². The van der Waals surface area contributed by atoms with Crippen molar-refractivity contribution in [1.82, 2.24) is 14.7 Å². The molecule has 0 amide bonds. The van der Waals surface area contributed by atoms with Gasteiger partial charge in [-0.25, -0.2) is 17.9 Å². The van der Waals surface area contributed by atoms with Crippen LogP contribution >= 0.6 is 0 Å². The van der Waals surface area contributed by atoms with E-state index in [1.807, 2.05) is 18.2 Å². The molecule has 3 N–H and O–H groups in total. The fourth-order valence-electron chi connectivity index (χ4n) is 2.87. The lowest BCUT2D eigenvalue weighted by molar-refractivity contribution is 0.553. The maximum atomic E-state index is 12.4. The van der Waals surface area contributed by atoms with Crippen LogP contribution in [0.4, 0.5) is 0 Å². The predicted molar refractivity (Wildman–Crippen MR) is 100 cm³/mol. The van der Waals surface area contributed by atoms with Crippen LogP contribution in [0.1, 0.15) is 5.56 Å².